The minimum absolute atomic E-state index is 0.0710. The van der Waals surface area contributed by atoms with Gasteiger partial charge in [0.15, 0.2) is 0 Å². The van der Waals surface area contributed by atoms with Gasteiger partial charge in [-0.05, 0) is 13.5 Å². The minimum Gasteiger partial charge on any atom is -0.389 e. The van der Waals surface area contributed by atoms with Crippen molar-refractivity contribution in [2.24, 2.45) is 11.1 Å². The molecular formula is C11H24N2O3. The molecule has 0 aromatic rings. The molecule has 1 aliphatic rings. The van der Waals surface area contributed by atoms with Crippen molar-refractivity contribution in [3.63, 3.8) is 0 Å². The molecule has 1 fully saturated rings. The maximum absolute atomic E-state index is 9.62. The smallest absolute Gasteiger partial charge is 0.0899 e. The van der Waals surface area contributed by atoms with Gasteiger partial charge in [-0.25, -0.2) is 0 Å². The lowest BCUT2D eigenvalue weighted by atomic mass is 9.87. The van der Waals surface area contributed by atoms with Gasteiger partial charge in [0.2, 0.25) is 0 Å². The Morgan fingerprint density at radius 3 is 2.88 bits per heavy atom. The third-order valence-corrected chi connectivity index (χ3v) is 3.10. The molecule has 96 valence electrons. The van der Waals surface area contributed by atoms with Crippen LogP contribution in [0.2, 0.25) is 0 Å². The van der Waals surface area contributed by atoms with E-state index in [1.807, 2.05) is 7.05 Å². The van der Waals surface area contributed by atoms with Crippen LogP contribution in [0, 0.1) is 5.41 Å². The second kappa shape index (κ2) is 6.51. The van der Waals surface area contributed by atoms with Gasteiger partial charge >= 0.3 is 0 Å². The van der Waals surface area contributed by atoms with Crippen LogP contribution in [0.25, 0.3) is 0 Å². The lowest BCUT2D eigenvalue weighted by Gasteiger charge is -2.31. The molecule has 5 nitrogen and oxygen atoms in total. The minimum atomic E-state index is -0.438. The average Bonchev–Trinajstić information content (AvgIpc) is 2.67. The fraction of sp³-hybridized carbons (Fsp3) is 1.00. The molecule has 0 aliphatic carbocycles. The van der Waals surface area contributed by atoms with E-state index in [-0.39, 0.29) is 5.41 Å². The summed E-state index contributed by atoms with van der Waals surface area (Å²) in [7, 11) is 3.59. The Morgan fingerprint density at radius 1 is 1.62 bits per heavy atom. The Hall–Kier alpha value is -0.200. The monoisotopic (exact) mass is 232 g/mol. The van der Waals surface area contributed by atoms with Gasteiger partial charge in [-0.3, -0.25) is 0 Å². The van der Waals surface area contributed by atoms with E-state index in [0.29, 0.717) is 19.7 Å². The molecule has 1 saturated heterocycles. The first-order chi connectivity index (χ1) is 7.62. The molecule has 0 saturated carbocycles. The molecule has 16 heavy (non-hydrogen) atoms. The Bertz CT molecular complexity index is 196. The summed E-state index contributed by atoms with van der Waals surface area (Å²) in [5, 5.41) is 9.62. The topological polar surface area (TPSA) is 68.0 Å². The van der Waals surface area contributed by atoms with Crippen LogP contribution in [-0.2, 0) is 9.47 Å². The Morgan fingerprint density at radius 2 is 2.38 bits per heavy atom. The largest absolute Gasteiger partial charge is 0.389 e. The summed E-state index contributed by atoms with van der Waals surface area (Å²) in [6.07, 6.45) is 0.570. The molecule has 0 aromatic heterocycles. The zero-order valence-corrected chi connectivity index (χ0v) is 10.3. The first kappa shape index (κ1) is 13.9. The van der Waals surface area contributed by atoms with Crippen molar-refractivity contribution in [1.82, 2.24) is 4.90 Å². The fourth-order valence-electron chi connectivity index (χ4n) is 2.24. The molecule has 2 atom stereocenters. The van der Waals surface area contributed by atoms with Crippen LogP contribution in [0.3, 0.4) is 0 Å². The van der Waals surface area contributed by atoms with Crippen molar-refractivity contribution in [2.45, 2.75) is 12.5 Å². The molecule has 3 N–H and O–H groups in total. The standard InChI is InChI=1S/C11H24N2O3/c1-13(5-10(14)6-15-2)8-11(7-12)3-4-16-9-11/h10,14H,3-9,12H2,1-2H3. The van der Waals surface area contributed by atoms with E-state index in [2.05, 4.69) is 4.90 Å². The second-order valence-electron chi connectivity index (χ2n) is 4.81. The van der Waals surface area contributed by atoms with Crippen molar-refractivity contribution in [3.8, 4) is 0 Å². The predicted octanol–water partition coefficient (Wildman–Crippen LogP) is -0.709. The third-order valence-electron chi connectivity index (χ3n) is 3.10. The summed E-state index contributed by atoms with van der Waals surface area (Å²) >= 11 is 0. The number of nitrogens with two attached hydrogens (primary N) is 1. The Kier molecular flexibility index (Phi) is 5.64. The van der Waals surface area contributed by atoms with Crippen molar-refractivity contribution < 1.29 is 14.6 Å². The van der Waals surface area contributed by atoms with Crippen LogP contribution in [0.1, 0.15) is 6.42 Å². The van der Waals surface area contributed by atoms with Crippen LogP contribution in [-0.4, -0.2) is 69.7 Å². The Balaban J connectivity index is 2.34. The average molecular weight is 232 g/mol. The molecule has 5 heteroatoms. The Labute approximate surface area is 97.5 Å². The van der Waals surface area contributed by atoms with E-state index < -0.39 is 6.10 Å². The van der Waals surface area contributed by atoms with Crippen molar-refractivity contribution in [2.75, 3.05) is 53.6 Å². The summed E-state index contributed by atoms with van der Waals surface area (Å²) in [4.78, 5) is 2.10. The number of hydrogen-bond acceptors (Lipinski definition) is 5. The number of aliphatic hydroxyl groups excluding tert-OH is 1. The number of hydrogen-bond donors (Lipinski definition) is 2. The summed E-state index contributed by atoms with van der Waals surface area (Å²) in [5.41, 5.74) is 5.88. The summed E-state index contributed by atoms with van der Waals surface area (Å²) in [5.74, 6) is 0. The quantitative estimate of drug-likeness (QED) is 0.607. The maximum atomic E-state index is 9.62. The van der Waals surface area contributed by atoms with Gasteiger partial charge in [0, 0.05) is 38.8 Å². The van der Waals surface area contributed by atoms with Gasteiger partial charge in [-0.2, -0.15) is 0 Å². The van der Waals surface area contributed by atoms with Gasteiger partial charge in [0.05, 0.1) is 19.3 Å². The number of aliphatic hydroxyl groups is 1. The highest BCUT2D eigenvalue weighted by Crippen LogP contribution is 2.28. The van der Waals surface area contributed by atoms with E-state index in [4.69, 9.17) is 15.2 Å². The van der Waals surface area contributed by atoms with Crippen LogP contribution in [0.5, 0.6) is 0 Å². The lowest BCUT2D eigenvalue weighted by Crippen LogP contribution is -2.44. The molecule has 0 radical (unpaired) electrons. The number of likely N-dealkylation sites (N-methyl/N-ethyl adjacent to an activating group) is 1. The third kappa shape index (κ3) is 3.99. The van der Waals surface area contributed by atoms with E-state index in [0.717, 1.165) is 26.2 Å². The van der Waals surface area contributed by atoms with E-state index >= 15 is 0 Å². The maximum Gasteiger partial charge on any atom is 0.0899 e. The first-order valence-corrected chi connectivity index (χ1v) is 5.75. The molecular weight excluding hydrogens is 208 g/mol. The summed E-state index contributed by atoms with van der Waals surface area (Å²) in [6, 6.07) is 0. The highest BCUT2D eigenvalue weighted by atomic mass is 16.5. The van der Waals surface area contributed by atoms with E-state index in [9.17, 15) is 5.11 Å². The normalized spacial score (nSPS) is 27.6. The van der Waals surface area contributed by atoms with Crippen molar-refractivity contribution >= 4 is 0 Å². The lowest BCUT2D eigenvalue weighted by molar-refractivity contribution is 0.0322. The highest BCUT2D eigenvalue weighted by Gasteiger charge is 2.34. The van der Waals surface area contributed by atoms with E-state index in [1.54, 1.807) is 7.11 Å². The molecule has 1 heterocycles. The molecule has 2 unspecified atom stereocenters. The zero-order valence-electron chi connectivity index (χ0n) is 10.3. The van der Waals surface area contributed by atoms with Crippen LogP contribution in [0.4, 0.5) is 0 Å². The SMILES string of the molecule is COCC(O)CN(C)CC1(CN)CCOC1. The molecule has 0 aromatic carbocycles. The van der Waals surface area contributed by atoms with Crippen molar-refractivity contribution in [1.29, 1.82) is 0 Å². The molecule has 0 bridgehead atoms. The highest BCUT2D eigenvalue weighted by molar-refractivity contribution is 4.87. The number of methoxy groups -OCH3 is 1. The van der Waals surface area contributed by atoms with Crippen LogP contribution >= 0.6 is 0 Å². The summed E-state index contributed by atoms with van der Waals surface area (Å²) < 4.78 is 10.3. The second-order valence-corrected chi connectivity index (χ2v) is 4.81. The number of rotatable bonds is 7. The van der Waals surface area contributed by atoms with Gasteiger partial charge in [0.1, 0.15) is 0 Å². The molecule has 0 spiro atoms. The fourth-order valence-corrected chi connectivity index (χ4v) is 2.24. The zero-order chi connectivity index (χ0) is 12.0. The van der Waals surface area contributed by atoms with Gasteiger partial charge in [0.25, 0.3) is 0 Å². The van der Waals surface area contributed by atoms with Crippen LogP contribution < -0.4 is 5.73 Å². The number of ether oxygens (including phenoxy) is 2. The molecule has 1 rings (SSSR count). The van der Waals surface area contributed by atoms with Crippen molar-refractivity contribution in [3.05, 3.63) is 0 Å². The predicted molar refractivity (Wildman–Crippen MR) is 62.3 cm³/mol. The first-order valence-electron chi connectivity index (χ1n) is 5.75. The van der Waals surface area contributed by atoms with Crippen LogP contribution in [0.15, 0.2) is 0 Å². The van der Waals surface area contributed by atoms with Gasteiger partial charge in [-0.1, -0.05) is 0 Å². The van der Waals surface area contributed by atoms with E-state index in [1.165, 1.54) is 0 Å². The molecule has 0 amide bonds. The number of nitrogens with zero attached hydrogens (tertiary/aromatic N) is 1. The van der Waals surface area contributed by atoms with Gasteiger partial charge < -0.3 is 25.2 Å². The molecule has 1 aliphatic heterocycles. The van der Waals surface area contributed by atoms with Gasteiger partial charge in [-0.15, -0.1) is 0 Å². The summed E-state index contributed by atoms with van der Waals surface area (Å²) in [6.45, 7) is 4.01.